The van der Waals surface area contributed by atoms with Crippen LogP contribution < -0.4 is 0 Å². The topological polar surface area (TPSA) is 34.5 Å². The molecule has 0 radical (unpaired) electrons. The number of rotatable bonds is 4. The van der Waals surface area contributed by atoms with E-state index in [4.69, 9.17) is 4.74 Å². The maximum atomic E-state index is 11.7. The number of aromatic nitrogens is 1. The SMILES string of the molecule is CCOC(=O)CCn1c2c(c3cc(C)ccc31)CN(C)CC2.Cl. The lowest BCUT2D eigenvalue weighted by Crippen LogP contribution is -2.27. The summed E-state index contributed by atoms with van der Waals surface area (Å²) in [4.78, 5) is 14.1. The summed E-state index contributed by atoms with van der Waals surface area (Å²) in [6, 6.07) is 6.61. The molecule has 1 aliphatic rings. The summed E-state index contributed by atoms with van der Waals surface area (Å²) >= 11 is 0. The van der Waals surface area contributed by atoms with Crippen LogP contribution in [0.3, 0.4) is 0 Å². The van der Waals surface area contributed by atoms with E-state index < -0.39 is 0 Å². The Hall–Kier alpha value is -1.52. The molecule has 0 bridgehead atoms. The number of ether oxygens (including phenoxy) is 1. The number of carbonyl (C=O) groups is 1. The van der Waals surface area contributed by atoms with Crippen molar-refractivity contribution in [3.8, 4) is 0 Å². The minimum Gasteiger partial charge on any atom is -0.466 e. The maximum Gasteiger partial charge on any atom is 0.307 e. The molecule has 2 heterocycles. The summed E-state index contributed by atoms with van der Waals surface area (Å²) in [5.41, 5.74) is 5.35. The van der Waals surface area contributed by atoms with Gasteiger partial charge in [-0.15, -0.1) is 12.4 Å². The van der Waals surface area contributed by atoms with Crippen molar-refractivity contribution in [2.75, 3.05) is 20.2 Å². The van der Waals surface area contributed by atoms with Gasteiger partial charge in [-0.25, -0.2) is 0 Å². The Morgan fingerprint density at radius 3 is 2.87 bits per heavy atom. The van der Waals surface area contributed by atoms with Crippen LogP contribution in [0.15, 0.2) is 18.2 Å². The van der Waals surface area contributed by atoms with Crippen molar-refractivity contribution < 1.29 is 9.53 Å². The van der Waals surface area contributed by atoms with E-state index in [9.17, 15) is 4.79 Å². The minimum atomic E-state index is -0.113. The highest BCUT2D eigenvalue weighted by atomic mass is 35.5. The van der Waals surface area contributed by atoms with Crippen molar-refractivity contribution in [2.24, 2.45) is 0 Å². The molecule has 0 N–H and O–H groups in total. The van der Waals surface area contributed by atoms with Gasteiger partial charge in [-0.3, -0.25) is 4.79 Å². The lowest BCUT2D eigenvalue weighted by molar-refractivity contribution is -0.143. The first kappa shape index (κ1) is 17.8. The van der Waals surface area contributed by atoms with Crippen LogP contribution in [0.25, 0.3) is 10.9 Å². The average Bonchev–Trinajstić information content (AvgIpc) is 2.78. The third kappa shape index (κ3) is 3.54. The molecule has 2 aromatic rings. The standard InChI is InChI=1S/C18H24N2O2.ClH/c1-4-22-18(21)8-10-20-16-6-5-13(2)11-14(16)15-12-19(3)9-7-17(15)20;/h5-6,11H,4,7-10,12H2,1-3H3;1H. The van der Waals surface area contributed by atoms with Gasteiger partial charge in [-0.2, -0.15) is 0 Å². The molecule has 1 aliphatic heterocycles. The first-order chi connectivity index (χ1) is 10.6. The minimum absolute atomic E-state index is 0. The summed E-state index contributed by atoms with van der Waals surface area (Å²) in [6.45, 7) is 7.20. The molecule has 0 atom stereocenters. The van der Waals surface area contributed by atoms with Crippen molar-refractivity contribution in [3.63, 3.8) is 0 Å². The Labute approximate surface area is 143 Å². The lowest BCUT2D eigenvalue weighted by Gasteiger charge is -2.24. The molecule has 0 unspecified atom stereocenters. The number of fused-ring (bicyclic) bond motifs is 3. The van der Waals surface area contributed by atoms with Crippen molar-refractivity contribution in [3.05, 3.63) is 35.0 Å². The zero-order valence-electron chi connectivity index (χ0n) is 14.1. The number of hydrogen-bond acceptors (Lipinski definition) is 3. The molecule has 0 spiro atoms. The van der Waals surface area contributed by atoms with E-state index in [1.54, 1.807) is 0 Å². The van der Waals surface area contributed by atoms with Crippen LogP contribution >= 0.6 is 12.4 Å². The van der Waals surface area contributed by atoms with Gasteiger partial charge in [0.1, 0.15) is 0 Å². The van der Waals surface area contributed by atoms with Crippen LogP contribution in [0.5, 0.6) is 0 Å². The Balaban J connectivity index is 0.00000192. The monoisotopic (exact) mass is 336 g/mol. The maximum absolute atomic E-state index is 11.7. The van der Waals surface area contributed by atoms with E-state index in [2.05, 4.69) is 41.6 Å². The molecular weight excluding hydrogens is 312 g/mol. The van der Waals surface area contributed by atoms with Gasteiger partial charge < -0.3 is 14.2 Å². The molecule has 0 saturated heterocycles. The second-order valence-corrected chi connectivity index (χ2v) is 6.14. The first-order valence-corrected chi connectivity index (χ1v) is 8.05. The normalized spacial score (nSPS) is 14.4. The van der Waals surface area contributed by atoms with Gasteiger partial charge in [0.25, 0.3) is 0 Å². The third-order valence-electron chi connectivity index (χ3n) is 4.45. The second-order valence-electron chi connectivity index (χ2n) is 6.14. The highest BCUT2D eigenvalue weighted by Crippen LogP contribution is 2.31. The predicted molar refractivity (Wildman–Crippen MR) is 95.2 cm³/mol. The highest BCUT2D eigenvalue weighted by Gasteiger charge is 2.22. The Bertz CT molecular complexity index is 709. The van der Waals surface area contributed by atoms with Crippen molar-refractivity contribution in [2.45, 2.75) is 39.8 Å². The van der Waals surface area contributed by atoms with E-state index in [0.29, 0.717) is 19.6 Å². The zero-order valence-corrected chi connectivity index (χ0v) is 14.9. The van der Waals surface area contributed by atoms with Crippen molar-refractivity contribution in [1.82, 2.24) is 9.47 Å². The number of likely N-dealkylation sites (N-methyl/N-ethyl adjacent to an activating group) is 1. The number of aryl methyl sites for hydroxylation is 2. The molecule has 5 heteroatoms. The first-order valence-electron chi connectivity index (χ1n) is 8.05. The molecule has 0 amide bonds. The van der Waals surface area contributed by atoms with Crippen LogP contribution in [-0.2, 0) is 29.0 Å². The van der Waals surface area contributed by atoms with Gasteiger partial charge in [0.05, 0.1) is 13.0 Å². The van der Waals surface area contributed by atoms with Crippen LogP contribution in [0.4, 0.5) is 0 Å². The van der Waals surface area contributed by atoms with Crippen LogP contribution in [0, 0.1) is 6.92 Å². The van der Waals surface area contributed by atoms with Crippen molar-refractivity contribution >= 4 is 29.3 Å². The summed E-state index contributed by atoms with van der Waals surface area (Å²) in [5.74, 6) is -0.113. The molecule has 3 rings (SSSR count). The fourth-order valence-corrected chi connectivity index (χ4v) is 3.39. The molecule has 23 heavy (non-hydrogen) atoms. The lowest BCUT2D eigenvalue weighted by atomic mass is 10.0. The van der Waals surface area contributed by atoms with E-state index >= 15 is 0 Å². The number of halogens is 1. The molecule has 0 fully saturated rings. The van der Waals surface area contributed by atoms with Gasteiger partial charge in [-0.1, -0.05) is 11.6 Å². The van der Waals surface area contributed by atoms with E-state index in [1.807, 2.05) is 6.92 Å². The Morgan fingerprint density at radius 2 is 2.13 bits per heavy atom. The average molecular weight is 337 g/mol. The van der Waals surface area contributed by atoms with Gasteiger partial charge in [0.15, 0.2) is 0 Å². The highest BCUT2D eigenvalue weighted by molar-refractivity contribution is 5.86. The molecule has 1 aromatic heterocycles. The molecule has 1 aromatic carbocycles. The van der Waals surface area contributed by atoms with E-state index in [0.717, 1.165) is 19.5 Å². The van der Waals surface area contributed by atoms with Gasteiger partial charge in [-0.05, 0) is 38.6 Å². The summed E-state index contributed by atoms with van der Waals surface area (Å²) in [6.07, 6.45) is 1.48. The summed E-state index contributed by atoms with van der Waals surface area (Å²) in [7, 11) is 2.17. The Morgan fingerprint density at radius 1 is 1.35 bits per heavy atom. The predicted octanol–water partition coefficient (Wildman–Crippen LogP) is 3.31. The van der Waals surface area contributed by atoms with E-state index in [1.165, 1.54) is 27.7 Å². The fourth-order valence-electron chi connectivity index (χ4n) is 3.39. The Kier molecular flexibility index (Phi) is 5.71. The van der Waals surface area contributed by atoms with Gasteiger partial charge >= 0.3 is 5.97 Å². The van der Waals surface area contributed by atoms with Crippen LogP contribution in [-0.4, -0.2) is 35.6 Å². The number of nitrogens with zero attached hydrogens (tertiary/aromatic N) is 2. The summed E-state index contributed by atoms with van der Waals surface area (Å²) < 4.78 is 7.40. The number of carbonyl (C=O) groups excluding carboxylic acids is 1. The number of hydrogen-bond donors (Lipinski definition) is 0. The third-order valence-corrected chi connectivity index (χ3v) is 4.45. The molecule has 126 valence electrons. The number of benzene rings is 1. The van der Waals surface area contributed by atoms with Gasteiger partial charge in [0.2, 0.25) is 0 Å². The molecular formula is C18H25ClN2O2. The van der Waals surface area contributed by atoms with Crippen molar-refractivity contribution in [1.29, 1.82) is 0 Å². The number of esters is 1. The molecule has 0 aliphatic carbocycles. The van der Waals surface area contributed by atoms with Gasteiger partial charge in [0, 0.05) is 42.7 Å². The molecule has 0 saturated carbocycles. The smallest absolute Gasteiger partial charge is 0.307 e. The van der Waals surface area contributed by atoms with Crippen LogP contribution in [0.2, 0.25) is 0 Å². The fraction of sp³-hybridized carbons (Fsp3) is 0.500. The largest absolute Gasteiger partial charge is 0.466 e. The van der Waals surface area contributed by atoms with E-state index in [-0.39, 0.29) is 18.4 Å². The quantitative estimate of drug-likeness (QED) is 0.803. The zero-order chi connectivity index (χ0) is 15.7. The second kappa shape index (κ2) is 7.37. The molecule has 4 nitrogen and oxygen atoms in total. The van der Waals surface area contributed by atoms with Crippen LogP contribution in [0.1, 0.15) is 30.2 Å². The summed E-state index contributed by atoms with van der Waals surface area (Å²) in [5, 5.41) is 1.34.